The summed E-state index contributed by atoms with van der Waals surface area (Å²) in [5, 5.41) is 24.9. The van der Waals surface area contributed by atoms with E-state index in [0.29, 0.717) is 34.4 Å². The summed E-state index contributed by atoms with van der Waals surface area (Å²) < 4.78 is 7.82. The average molecular weight is 703 g/mol. The molecule has 48 heavy (non-hydrogen) atoms. The minimum absolute atomic E-state index is 0.272. The highest BCUT2D eigenvalue weighted by Gasteiger charge is 2.31. The molecule has 2 aliphatic rings. The standard InChI is InChI=1S/C27H35ClN10OS.2C2H4O2/c1-36-9-11-37(12-10-36)17-4-6-18(7-5-17)38-26-22(25(29)32-15-33-26)23(35-38)16-3-8-19(20(13-16)39-2)31-14-21-24(28)34-27(30)40-21;2*1-2(3)4/h3,8,13,15,17-18,31H,4-7,9-12,14H2,1-2H3,(H2,30,34)(H2,29,32,33);2*1H3,(H,3,4). The van der Waals surface area contributed by atoms with E-state index < -0.39 is 11.9 Å². The molecule has 1 saturated carbocycles. The summed E-state index contributed by atoms with van der Waals surface area (Å²) in [7, 11) is 3.85. The number of benzene rings is 1. The molecule has 7 N–H and O–H groups in total. The molecule has 6 rings (SSSR count). The molecule has 3 aromatic heterocycles. The van der Waals surface area contributed by atoms with E-state index in [-0.39, 0.29) is 6.04 Å². The molecule has 15 nitrogen and oxygen atoms in total. The number of fused-ring (bicyclic) bond motifs is 1. The lowest BCUT2D eigenvalue weighted by atomic mass is 9.90. The highest BCUT2D eigenvalue weighted by atomic mass is 35.5. The van der Waals surface area contributed by atoms with E-state index >= 15 is 0 Å². The smallest absolute Gasteiger partial charge is 0.300 e. The number of nitrogens with zero attached hydrogens (tertiary/aromatic N) is 7. The number of nitrogen functional groups attached to an aromatic ring is 2. The monoisotopic (exact) mass is 702 g/mol. The molecule has 4 heterocycles. The fourth-order valence-electron chi connectivity index (χ4n) is 5.93. The molecule has 0 unspecified atom stereocenters. The number of methoxy groups -OCH3 is 1. The zero-order valence-corrected chi connectivity index (χ0v) is 29.1. The second-order valence-electron chi connectivity index (χ2n) is 11.6. The number of piperazine rings is 1. The normalized spacial score (nSPS) is 18.3. The van der Waals surface area contributed by atoms with Crippen molar-refractivity contribution in [2.75, 3.05) is 57.1 Å². The number of hydrogen-bond acceptors (Lipinski definition) is 13. The first-order valence-corrected chi connectivity index (χ1v) is 16.7. The third-order valence-electron chi connectivity index (χ3n) is 8.17. The quantitative estimate of drug-likeness (QED) is 0.182. The predicted octanol–water partition coefficient (Wildman–Crippen LogP) is 4.30. The van der Waals surface area contributed by atoms with Gasteiger partial charge in [0.05, 0.1) is 35.6 Å². The van der Waals surface area contributed by atoms with E-state index in [2.05, 4.69) is 41.8 Å². The molecular formula is C31H43ClN10O5S. The minimum Gasteiger partial charge on any atom is -0.495 e. The van der Waals surface area contributed by atoms with Gasteiger partial charge < -0.3 is 36.6 Å². The van der Waals surface area contributed by atoms with Crippen LogP contribution in [-0.2, 0) is 16.1 Å². The van der Waals surface area contributed by atoms with Crippen LogP contribution in [0.1, 0.15) is 50.4 Å². The number of nitrogens with two attached hydrogens (primary N) is 2. The maximum absolute atomic E-state index is 9.00. The second-order valence-corrected chi connectivity index (χ2v) is 13.1. The Kier molecular flexibility index (Phi) is 12.7. The Hall–Kier alpha value is -4.25. The maximum atomic E-state index is 9.00. The van der Waals surface area contributed by atoms with Crippen LogP contribution >= 0.6 is 22.9 Å². The lowest BCUT2D eigenvalue weighted by Gasteiger charge is -2.41. The predicted molar refractivity (Wildman–Crippen MR) is 188 cm³/mol. The molecule has 1 aliphatic carbocycles. The van der Waals surface area contributed by atoms with Crippen molar-refractivity contribution >= 4 is 62.5 Å². The number of carboxylic acid groups (broad SMARTS) is 2. The fourth-order valence-corrected chi connectivity index (χ4v) is 6.91. The van der Waals surface area contributed by atoms with Gasteiger partial charge in [0.2, 0.25) is 0 Å². The van der Waals surface area contributed by atoms with Crippen LogP contribution in [0.25, 0.3) is 22.3 Å². The highest BCUT2D eigenvalue weighted by Crippen LogP contribution is 2.39. The number of rotatable bonds is 7. The number of ether oxygens (including phenoxy) is 1. The topological polar surface area (TPSA) is 211 Å². The van der Waals surface area contributed by atoms with E-state index in [1.165, 1.54) is 17.7 Å². The van der Waals surface area contributed by atoms with Crippen LogP contribution in [0.15, 0.2) is 24.5 Å². The number of aromatic nitrogens is 5. The van der Waals surface area contributed by atoms with E-state index in [9.17, 15) is 0 Å². The van der Waals surface area contributed by atoms with E-state index in [1.54, 1.807) is 7.11 Å². The van der Waals surface area contributed by atoms with Crippen molar-refractivity contribution in [1.82, 2.24) is 34.5 Å². The van der Waals surface area contributed by atoms with Gasteiger partial charge in [-0.15, -0.1) is 0 Å². The van der Waals surface area contributed by atoms with Crippen molar-refractivity contribution in [1.29, 1.82) is 0 Å². The van der Waals surface area contributed by atoms with Crippen molar-refractivity contribution in [3.8, 4) is 17.0 Å². The third-order valence-corrected chi connectivity index (χ3v) is 9.47. The van der Waals surface area contributed by atoms with Gasteiger partial charge in [-0.3, -0.25) is 14.5 Å². The summed E-state index contributed by atoms with van der Waals surface area (Å²) in [6, 6.07) is 6.86. The summed E-state index contributed by atoms with van der Waals surface area (Å²) in [5.74, 6) is -0.562. The molecule has 0 atom stereocenters. The fraction of sp³-hybridized carbons (Fsp3) is 0.484. The Morgan fingerprint density at radius 1 is 1.04 bits per heavy atom. The van der Waals surface area contributed by atoms with Crippen LogP contribution in [0.5, 0.6) is 5.75 Å². The first-order chi connectivity index (χ1) is 22.9. The molecule has 1 saturated heterocycles. The zero-order chi connectivity index (χ0) is 35.0. The number of aliphatic carboxylic acids is 2. The summed E-state index contributed by atoms with van der Waals surface area (Å²) in [6.07, 6.45) is 5.98. The first-order valence-electron chi connectivity index (χ1n) is 15.5. The second kappa shape index (κ2) is 16.7. The van der Waals surface area contributed by atoms with Crippen molar-refractivity contribution in [3.05, 3.63) is 34.6 Å². The number of carboxylic acids is 2. The molecule has 17 heteroatoms. The van der Waals surface area contributed by atoms with Crippen LogP contribution < -0.4 is 21.5 Å². The number of nitrogens with one attached hydrogen (secondary N) is 1. The molecule has 260 valence electrons. The van der Waals surface area contributed by atoms with E-state index in [0.717, 1.165) is 98.6 Å². The molecule has 0 amide bonds. The van der Waals surface area contributed by atoms with Gasteiger partial charge in [-0.25, -0.2) is 19.6 Å². The van der Waals surface area contributed by atoms with Gasteiger partial charge >= 0.3 is 0 Å². The highest BCUT2D eigenvalue weighted by molar-refractivity contribution is 7.15. The molecule has 0 radical (unpaired) electrons. The summed E-state index contributed by atoms with van der Waals surface area (Å²) in [5.41, 5.74) is 15.5. The van der Waals surface area contributed by atoms with Crippen molar-refractivity contribution < 1.29 is 24.5 Å². The molecule has 2 fully saturated rings. The van der Waals surface area contributed by atoms with Crippen LogP contribution in [0, 0.1) is 0 Å². The summed E-state index contributed by atoms with van der Waals surface area (Å²) in [6.45, 7) is 7.26. The number of halogens is 1. The molecular weight excluding hydrogens is 660 g/mol. The van der Waals surface area contributed by atoms with Crippen molar-refractivity contribution in [2.24, 2.45) is 0 Å². The Labute approximate surface area is 287 Å². The minimum atomic E-state index is -0.833. The average Bonchev–Trinajstić information content (AvgIpc) is 3.59. The third kappa shape index (κ3) is 9.43. The van der Waals surface area contributed by atoms with E-state index in [4.69, 9.17) is 52.7 Å². The first kappa shape index (κ1) is 36.6. The summed E-state index contributed by atoms with van der Waals surface area (Å²) >= 11 is 7.55. The van der Waals surface area contributed by atoms with Gasteiger partial charge in [0, 0.05) is 51.6 Å². The van der Waals surface area contributed by atoms with Gasteiger partial charge in [-0.2, -0.15) is 5.10 Å². The molecule has 1 aromatic carbocycles. The Balaban J connectivity index is 0.000000588. The van der Waals surface area contributed by atoms with Gasteiger partial charge in [-0.05, 0) is 44.9 Å². The van der Waals surface area contributed by atoms with E-state index in [1.807, 2.05) is 18.2 Å². The molecule has 0 spiro atoms. The molecule has 1 aliphatic heterocycles. The Morgan fingerprint density at radius 2 is 1.67 bits per heavy atom. The SMILES string of the molecule is CC(=O)O.CC(=O)O.COc1cc(-c2nn(C3CCC(N4CCN(C)CC4)CC3)c3ncnc(N)c23)ccc1NCc1sc(N)nc1Cl. The zero-order valence-electron chi connectivity index (χ0n) is 27.5. The number of anilines is 3. The molecule has 4 aromatic rings. The number of carbonyl (C=O) groups is 2. The Morgan fingerprint density at radius 3 is 2.25 bits per heavy atom. The van der Waals surface area contributed by atoms with Gasteiger partial charge in [0.15, 0.2) is 10.8 Å². The molecule has 0 bridgehead atoms. The Bertz CT molecular complexity index is 1680. The van der Waals surface area contributed by atoms with Crippen LogP contribution in [0.2, 0.25) is 5.15 Å². The number of hydrogen-bond donors (Lipinski definition) is 5. The summed E-state index contributed by atoms with van der Waals surface area (Å²) in [4.78, 5) is 37.0. The lowest BCUT2D eigenvalue weighted by molar-refractivity contribution is -0.135. The number of likely N-dealkylation sites (N-methyl/N-ethyl adjacent to an activating group) is 1. The van der Waals surface area contributed by atoms with Crippen LogP contribution in [0.4, 0.5) is 16.6 Å². The maximum Gasteiger partial charge on any atom is 0.300 e. The van der Waals surface area contributed by atoms with Crippen LogP contribution in [-0.4, -0.2) is 103 Å². The van der Waals surface area contributed by atoms with Crippen molar-refractivity contribution in [3.63, 3.8) is 0 Å². The van der Waals surface area contributed by atoms with Crippen LogP contribution in [0.3, 0.4) is 0 Å². The van der Waals surface area contributed by atoms with Gasteiger partial charge in [0.25, 0.3) is 11.9 Å². The van der Waals surface area contributed by atoms with Gasteiger partial charge in [-0.1, -0.05) is 29.0 Å². The lowest BCUT2D eigenvalue weighted by Crippen LogP contribution is -2.49. The van der Waals surface area contributed by atoms with Gasteiger partial charge in [0.1, 0.15) is 28.7 Å². The number of thiazole rings is 1. The van der Waals surface area contributed by atoms with Crippen molar-refractivity contribution in [2.45, 2.75) is 58.2 Å². The largest absolute Gasteiger partial charge is 0.495 e.